The van der Waals surface area contributed by atoms with E-state index in [9.17, 15) is 0 Å². The minimum atomic E-state index is 0.522. The van der Waals surface area contributed by atoms with E-state index in [2.05, 4.69) is 18.3 Å². The predicted molar refractivity (Wildman–Crippen MR) is 57.0 cm³/mol. The van der Waals surface area contributed by atoms with E-state index in [0.717, 1.165) is 12.2 Å². The topological polar surface area (TPSA) is 35.8 Å². The Morgan fingerprint density at radius 2 is 2.00 bits per heavy atom. The summed E-state index contributed by atoms with van der Waals surface area (Å²) >= 11 is 0. The fourth-order valence-corrected chi connectivity index (χ4v) is 1.37. The van der Waals surface area contributed by atoms with E-state index in [1.54, 1.807) is 0 Å². The maximum absolute atomic E-state index is 8.63. The molecule has 2 rings (SSSR count). The summed E-state index contributed by atoms with van der Waals surface area (Å²) in [6.07, 6.45) is 2.66. The normalized spacial score (nSPS) is 17.1. The number of anilines is 1. The highest BCUT2D eigenvalue weighted by atomic mass is 14.9. The van der Waals surface area contributed by atoms with Gasteiger partial charge in [-0.05, 0) is 42.5 Å². The van der Waals surface area contributed by atoms with Gasteiger partial charge in [-0.15, -0.1) is 0 Å². The Kier molecular flexibility index (Phi) is 2.17. The Balaban J connectivity index is 1.94. The zero-order valence-electron chi connectivity index (χ0n) is 8.38. The Morgan fingerprint density at radius 3 is 2.50 bits per heavy atom. The Morgan fingerprint density at radius 1 is 1.36 bits per heavy atom. The van der Waals surface area contributed by atoms with E-state index in [-0.39, 0.29) is 0 Å². The molecule has 14 heavy (non-hydrogen) atoms. The molecule has 1 aromatic rings. The lowest BCUT2D eigenvalue weighted by molar-refractivity contribution is 0.611. The van der Waals surface area contributed by atoms with Crippen LogP contribution in [-0.2, 0) is 0 Å². The van der Waals surface area contributed by atoms with Gasteiger partial charge in [0.1, 0.15) is 0 Å². The van der Waals surface area contributed by atoms with Gasteiger partial charge in [0.25, 0.3) is 0 Å². The molecule has 1 saturated carbocycles. The molecule has 0 aliphatic heterocycles. The number of nitrogens with one attached hydrogen (secondary N) is 1. The number of hydrogen-bond donors (Lipinski definition) is 1. The second-order valence-electron chi connectivity index (χ2n) is 4.35. The summed E-state index contributed by atoms with van der Waals surface area (Å²) in [4.78, 5) is 0. The first-order valence-electron chi connectivity index (χ1n) is 4.96. The van der Waals surface area contributed by atoms with Gasteiger partial charge in [0.2, 0.25) is 0 Å². The molecular formula is C12H14N2. The summed E-state index contributed by atoms with van der Waals surface area (Å²) in [5, 5.41) is 12.0. The van der Waals surface area contributed by atoms with E-state index in [0.29, 0.717) is 11.0 Å². The van der Waals surface area contributed by atoms with Gasteiger partial charge in [0.15, 0.2) is 0 Å². The first kappa shape index (κ1) is 9.08. The van der Waals surface area contributed by atoms with Crippen molar-refractivity contribution in [2.45, 2.75) is 19.8 Å². The average Bonchev–Trinajstić information content (AvgIpc) is 2.95. The van der Waals surface area contributed by atoms with E-state index in [1.165, 1.54) is 12.8 Å². The van der Waals surface area contributed by atoms with Gasteiger partial charge in [-0.3, -0.25) is 0 Å². The van der Waals surface area contributed by atoms with Crippen LogP contribution in [0.25, 0.3) is 0 Å². The number of nitrogens with zero attached hydrogens (tertiary/aromatic N) is 1. The summed E-state index contributed by atoms with van der Waals surface area (Å²) in [5.74, 6) is 0. The summed E-state index contributed by atoms with van der Waals surface area (Å²) in [5.41, 5.74) is 2.35. The van der Waals surface area contributed by atoms with Gasteiger partial charge in [0, 0.05) is 12.2 Å². The maximum atomic E-state index is 8.63. The largest absolute Gasteiger partial charge is 0.384 e. The van der Waals surface area contributed by atoms with Crippen molar-refractivity contribution in [1.82, 2.24) is 0 Å². The zero-order chi connectivity index (χ0) is 10.0. The number of hydrogen-bond acceptors (Lipinski definition) is 2. The molecule has 0 saturated heterocycles. The van der Waals surface area contributed by atoms with Crippen LogP contribution in [0, 0.1) is 16.7 Å². The summed E-state index contributed by atoms with van der Waals surface area (Å²) < 4.78 is 0. The Bertz CT molecular complexity index is 355. The molecule has 2 nitrogen and oxygen atoms in total. The van der Waals surface area contributed by atoms with Crippen LogP contribution in [-0.4, -0.2) is 6.54 Å². The van der Waals surface area contributed by atoms with Gasteiger partial charge in [-0.25, -0.2) is 0 Å². The van der Waals surface area contributed by atoms with Crippen molar-refractivity contribution in [3.63, 3.8) is 0 Å². The molecule has 0 bridgehead atoms. The molecule has 2 heteroatoms. The third-order valence-corrected chi connectivity index (χ3v) is 2.84. The maximum Gasteiger partial charge on any atom is 0.0991 e. The summed E-state index contributed by atoms with van der Waals surface area (Å²) in [7, 11) is 0. The molecule has 0 unspecified atom stereocenters. The molecule has 0 radical (unpaired) electrons. The van der Waals surface area contributed by atoms with Crippen LogP contribution in [0.15, 0.2) is 24.3 Å². The molecule has 72 valence electrons. The molecule has 1 fully saturated rings. The molecular weight excluding hydrogens is 172 g/mol. The summed E-state index contributed by atoms with van der Waals surface area (Å²) in [6, 6.07) is 9.73. The smallest absolute Gasteiger partial charge is 0.0991 e. The third-order valence-electron chi connectivity index (χ3n) is 2.84. The van der Waals surface area contributed by atoms with Gasteiger partial charge in [0.05, 0.1) is 11.6 Å². The minimum Gasteiger partial charge on any atom is -0.384 e. The second-order valence-corrected chi connectivity index (χ2v) is 4.35. The molecule has 0 heterocycles. The van der Waals surface area contributed by atoms with E-state index >= 15 is 0 Å². The van der Waals surface area contributed by atoms with Crippen molar-refractivity contribution in [2.75, 3.05) is 11.9 Å². The van der Waals surface area contributed by atoms with E-state index in [1.807, 2.05) is 24.3 Å². The number of rotatable bonds is 3. The predicted octanol–water partition coefficient (Wildman–Crippen LogP) is 2.77. The van der Waals surface area contributed by atoms with Crippen LogP contribution < -0.4 is 5.32 Å². The van der Waals surface area contributed by atoms with Crippen molar-refractivity contribution in [3.8, 4) is 6.07 Å². The van der Waals surface area contributed by atoms with Crippen molar-refractivity contribution in [2.24, 2.45) is 5.41 Å². The molecule has 1 aliphatic rings. The SMILES string of the molecule is CC1(CNc2ccc(C#N)cc2)CC1. The molecule has 1 N–H and O–H groups in total. The monoisotopic (exact) mass is 186 g/mol. The van der Waals surface area contributed by atoms with Crippen molar-refractivity contribution >= 4 is 5.69 Å². The van der Waals surface area contributed by atoms with Crippen molar-refractivity contribution in [1.29, 1.82) is 5.26 Å². The van der Waals surface area contributed by atoms with Crippen molar-refractivity contribution in [3.05, 3.63) is 29.8 Å². The van der Waals surface area contributed by atoms with Gasteiger partial charge in [-0.1, -0.05) is 6.92 Å². The molecule has 0 spiro atoms. The number of nitriles is 1. The van der Waals surface area contributed by atoms with Crippen LogP contribution in [0.1, 0.15) is 25.3 Å². The minimum absolute atomic E-state index is 0.522. The van der Waals surface area contributed by atoms with Crippen LogP contribution in [0.3, 0.4) is 0 Å². The first-order valence-corrected chi connectivity index (χ1v) is 4.96. The van der Waals surface area contributed by atoms with Gasteiger partial charge < -0.3 is 5.32 Å². The van der Waals surface area contributed by atoms with Gasteiger partial charge in [-0.2, -0.15) is 5.26 Å². The molecule has 0 aromatic heterocycles. The van der Waals surface area contributed by atoms with Gasteiger partial charge >= 0.3 is 0 Å². The quantitative estimate of drug-likeness (QED) is 0.787. The Hall–Kier alpha value is -1.49. The fourth-order valence-electron chi connectivity index (χ4n) is 1.37. The first-order chi connectivity index (χ1) is 6.72. The van der Waals surface area contributed by atoms with E-state index in [4.69, 9.17) is 5.26 Å². The Labute approximate surface area is 84.6 Å². The molecule has 1 aromatic carbocycles. The highest BCUT2D eigenvalue weighted by Crippen LogP contribution is 2.44. The molecule has 1 aliphatic carbocycles. The third kappa shape index (κ3) is 2.05. The second kappa shape index (κ2) is 3.34. The van der Waals surface area contributed by atoms with E-state index < -0.39 is 0 Å². The van der Waals surface area contributed by atoms with Crippen molar-refractivity contribution < 1.29 is 0 Å². The lowest BCUT2D eigenvalue weighted by Crippen LogP contribution is -2.11. The lowest BCUT2D eigenvalue weighted by Gasteiger charge is -2.10. The number of benzene rings is 1. The fraction of sp³-hybridized carbons (Fsp3) is 0.417. The summed E-state index contributed by atoms with van der Waals surface area (Å²) in [6.45, 7) is 3.34. The average molecular weight is 186 g/mol. The van der Waals surface area contributed by atoms with Crippen LogP contribution >= 0.6 is 0 Å². The lowest BCUT2D eigenvalue weighted by atomic mass is 10.1. The van der Waals surface area contributed by atoms with Crippen LogP contribution in [0.4, 0.5) is 5.69 Å². The highest BCUT2D eigenvalue weighted by molar-refractivity contribution is 5.47. The standard InChI is InChI=1S/C12H14N2/c1-12(6-7-12)9-14-11-4-2-10(8-13)3-5-11/h2-5,14H,6-7,9H2,1H3. The van der Waals surface area contributed by atoms with Crippen LogP contribution in [0.2, 0.25) is 0 Å². The molecule has 0 amide bonds. The highest BCUT2D eigenvalue weighted by Gasteiger charge is 2.36. The zero-order valence-corrected chi connectivity index (χ0v) is 8.38. The molecule has 0 atom stereocenters. The van der Waals surface area contributed by atoms with Crippen LogP contribution in [0.5, 0.6) is 0 Å².